The Morgan fingerprint density at radius 2 is 2.05 bits per heavy atom. The molecule has 114 valence electrons. The lowest BCUT2D eigenvalue weighted by Crippen LogP contribution is -2.21. The van der Waals surface area contributed by atoms with Crippen LogP contribution < -0.4 is 10.1 Å². The summed E-state index contributed by atoms with van der Waals surface area (Å²) in [5.41, 5.74) is 4.75. The first-order chi connectivity index (χ1) is 10.1. The molecule has 1 aromatic carbocycles. The molecule has 0 saturated carbocycles. The Bertz CT molecular complexity index is 604. The van der Waals surface area contributed by atoms with Gasteiger partial charge in [-0.25, -0.2) is 0 Å². The third-order valence-corrected chi connectivity index (χ3v) is 3.81. The number of nitrogens with zero attached hydrogens (tertiary/aromatic N) is 2. The van der Waals surface area contributed by atoms with E-state index in [0.717, 1.165) is 24.4 Å². The summed E-state index contributed by atoms with van der Waals surface area (Å²) >= 11 is 0. The molecule has 1 unspecified atom stereocenters. The smallest absolute Gasteiger partial charge is 0.123 e. The largest absolute Gasteiger partial charge is 0.496 e. The molecular formula is C17H25N3O. The first-order valence-corrected chi connectivity index (χ1v) is 7.44. The molecule has 0 spiro atoms. The zero-order valence-electron chi connectivity index (χ0n) is 13.6. The Morgan fingerprint density at radius 1 is 1.29 bits per heavy atom. The highest BCUT2D eigenvalue weighted by atomic mass is 16.5. The van der Waals surface area contributed by atoms with Crippen molar-refractivity contribution in [2.45, 2.75) is 39.8 Å². The number of aryl methyl sites for hydroxylation is 3. The number of likely N-dealkylation sites (N-methyl/N-ethyl adjacent to an activating group) is 1. The second-order valence-electron chi connectivity index (χ2n) is 5.38. The van der Waals surface area contributed by atoms with Crippen molar-refractivity contribution in [3.8, 4) is 5.75 Å². The predicted molar refractivity (Wildman–Crippen MR) is 85.9 cm³/mol. The highest BCUT2D eigenvalue weighted by molar-refractivity contribution is 5.39. The van der Waals surface area contributed by atoms with E-state index in [1.54, 1.807) is 7.11 Å². The van der Waals surface area contributed by atoms with Crippen molar-refractivity contribution in [2.75, 3.05) is 14.2 Å². The van der Waals surface area contributed by atoms with Gasteiger partial charge in [0, 0.05) is 30.3 Å². The molecule has 1 atom stereocenters. The molecular weight excluding hydrogens is 262 g/mol. The molecule has 0 aliphatic rings. The predicted octanol–water partition coefficient (Wildman–Crippen LogP) is 3.03. The number of rotatable bonds is 6. The van der Waals surface area contributed by atoms with Gasteiger partial charge in [0.2, 0.25) is 0 Å². The van der Waals surface area contributed by atoms with Crippen LogP contribution in [0.5, 0.6) is 5.75 Å². The first kappa shape index (κ1) is 15.6. The van der Waals surface area contributed by atoms with Crippen LogP contribution in [0.4, 0.5) is 0 Å². The third kappa shape index (κ3) is 3.45. The summed E-state index contributed by atoms with van der Waals surface area (Å²) in [6.45, 7) is 7.16. The van der Waals surface area contributed by atoms with Gasteiger partial charge in [-0.3, -0.25) is 4.68 Å². The van der Waals surface area contributed by atoms with Crippen molar-refractivity contribution >= 4 is 0 Å². The molecule has 0 amide bonds. The SMILES string of the molecule is CCn1nc(C)cc1CC(NC)c1cc(C)ccc1OC. The average molecular weight is 287 g/mol. The highest BCUT2D eigenvalue weighted by Gasteiger charge is 2.17. The van der Waals surface area contributed by atoms with Crippen LogP contribution in [0.1, 0.15) is 35.5 Å². The Labute approximate surface area is 127 Å². The van der Waals surface area contributed by atoms with Crippen LogP contribution in [0.25, 0.3) is 0 Å². The lowest BCUT2D eigenvalue weighted by Gasteiger charge is -2.20. The fourth-order valence-electron chi connectivity index (χ4n) is 2.74. The summed E-state index contributed by atoms with van der Waals surface area (Å²) in [4.78, 5) is 0. The molecule has 4 nitrogen and oxygen atoms in total. The van der Waals surface area contributed by atoms with Crippen molar-refractivity contribution in [1.82, 2.24) is 15.1 Å². The summed E-state index contributed by atoms with van der Waals surface area (Å²) in [7, 11) is 3.72. The maximum Gasteiger partial charge on any atom is 0.123 e. The fourth-order valence-corrected chi connectivity index (χ4v) is 2.74. The summed E-state index contributed by atoms with van der Waals surface area (Å²) in [5, 5.41) is 7.94. The van der Waals surface area contributed by atoms with Gasteiger partial charge < -0.3 is 10.1 Å². The number of ether oxygens (including phenoxy) is 1. The average Bonchev–Trinajstić information content (AvgIpc) is 2.84. The van der Waals surface area contributed by atoms with Gasteiger partial charge in [0.15, 0.2) is 0 Å². The van der Waals surface area contributed by atoms with E-state index >= 15 is 0 Å². The standard InChI is InChI=1S/C17H25N3O/c1-6-20-14(10-13(3)19-20)11-16(18-4)15-9-12(2)7-8-17(15)21-5/h7-10,16,18H,6,11H2,1-5H3. The van der Waals surface area contributed by atoms with Crippen molar-refractivity contribution in [2.24, 2.45) is 0 Å². The van der Waals surface area contributed by atoms with Gasteiger partial charge in [0.05, 0.1) is 12.8 Å². The molecule has 2 aromatic rings. The minimum absolute atomic E-state index is 0.209. The quantitative estimate of drug-likeness (QED) is 0.887. The van der Waals surface area contributed by atoms with Crippen molar-refractivity contribution < 1.29 is 4.74 Å². The van der Waals surface area contributed by atoms with Gasteiger partial charge in [0.1, 0.15) is 5.75 Å². The number of methoxy groups -OCH3 is 1. The van der Waals surface area contributed by atoms with Crippen LogP contribution in [0, 0.1) is 13.8 Å². The van der Waals surface area contributed by atoms with E-state index in [1.165, 1.54) is 16.8 Å². The molecule has 0 fully saturated rings. The monoisotopic (exact) mass is 287 g/mol. The first-order valence-electron chi connectivity index (χ1n) is 7.44. The van der Waals surface area contributed by atoms with E-state index < -0.39 is 0 Å². The fraction of sp³-hybridized carbons (Fsp3) is 0.471. The lowest BCUT2D eigenvalue weighted by atomic mass is 9.99. The second-order valence-corrected chi connectivity index (χ2v) is 5.38. The maximum absolute atomic E-state index is 5.52. The maximum atomic E-state index is 5.52. The van der Waals surface area contributed by atoms with E-state index in [9.17, 15) is 0 Å². The van der Waals surface area contributed by atoms with E-state index in [1.807, 2.05) is 20.0 Å². The van der Waals surface area contributed by atoms with Gasteiger partial charge in [0.25, 0.3) is 0 Å². The number of nitrogens with one attached hydrogen (secondary N) is 1. The van der Waals surface area contributed by atoms with E-state index in [0.29, 0.717) is 0 Å². The molecule has 4 heteroatoms. The number of aromatic nitrogens is 2. The topological polar surface area (TPSA) is 39.1 Å². The zero-order valence-corrected chi connectivity index (χ0v) is 13.6. The van der Waals surface area contributed by atoms with Crippen molar-refractivity contribution in [3.05, 3.63) is 46.8 Å². The molecule has 21 heavy (non-hydrogen) atoms. The van der Waals surface area contributed by atoms with Crippen LogP contribution in [0.15, 0.2) is 24.3 Å². The number of hydrogen-bond acceptors (Lipinski definition) is 3. The van der Waals surface area contributed by atoms with Crippen LogP contribution in [-0.2, 0) is 13.0 Å². The summed E-state index contributed by atoms with van der Waals surface area (Å²) in [5.74, 6) is 0.930. The van der Waals surface area contributed by atoms with Crippen LogP contribution in [0.3, 0.4) is 0 Å². The van der Waals surface area contributed by atoms with Gasteiger partial charge in [-0.1, -0.05) is 17.7 Å². The number of hydrogen-bond donors (Lipinski definition) is 1. The minimum atomic E-state index is 0.209. The van der Waals surface area contributed by atoms with Gasteiger partial charge in [-0.05, 0) is 40.0 Å². The summed E-state index contributed by atoms with van der Waals surface area (Å²) < 4.78 is 7.59. The zero-order chi connectivity index (χ0) is 15.4. The van der Waals surface area contributed by atoms with Crippen LogP contribution in [-0.4, -0.2) is 23.9 Å². The van der Waals surface area contributed by atoms with Crippen molar-refractivity contribution in [1.29, 1.82) is 0 Å². The van der Waals surface area contributed by atoms with Gasteiger partial charge in [-0.15, -0.1) is 0 Å². The molecule has 0 bridgehead atoms. The summed E-state index contributed by atoms with van der Waals surface area (Å²) in [6.07, 6.45) is 0.894. The number of benzene rings is 1. The van der Waals surface area contributed by atoms with E-state index in [2.05, 4.69) is 47.1 Å². The molecule has 0 radical (unpaired) electrons. The molecule has 0 aliphatic heterocycles. The van der Waals surface area contributed by atoms with Crippen LogP contribution >= 0.6 is 0 Å². The van der Waals surface area contributed by atoms with Gasteiger partial charge >= 0.3 is 0 Å². The van der Waals surface area contributed by atoms with Crippen molar-refractivity contribution in [3.63, 3.8) is 0 Å². The lowest BCUT2D eigenvalue weighted by molar-refractivity contribution is 0.400. The molecule has 1 aromatic heterocycles. The summed E-state index contributed by atoms with van der Waals surface area (Å²) in [6, 6.07) is 8.68. The Hall–Kier alpha value is -1.81. The highest BCUT2D eigenvalue weighted by Crippen LogP contribution is 2.28. The molecule has 0 aliphatic carbocycles. The minimum Gasteiger partial charge on any atom is -0.496 e. The van der Waals surface area contributed by atoms with Crippen LogP contribution in [0.2, 0.25) is 0 Å². The normalized spacial score (nSPS) is 12.4. The molecule has 1 N–H and O–H groups in total. The Kier molecular flexibility index (Phi) is 5.02. The van der Waals surface area contributed by atoms with E-state index in [4.69, 9.17) is 4.74 Å². The molecule has 0 saturated heterocycles. The van der Waals surface area contributed by atoms with E-state index in [-0.39, 0.29) is 6.04 Å². The Morgan fingerprint density at radius 3 is 2.67 bits per heavy atom. The molecule has 2 rings (SSSR count). The Balaban J connectivity index is 2.33. The molecule has 1 heterocycles. The third-order valence-electron chi connectivity index (χ3n) is 3.81. The van der Waals surface area contributed by atoms with Gasteiger partial charge in [-0.2, -0.15) is 5.10 Å². The second kappa shape index (κ2) is 6.76.